The predicted octanol–water partition coefficient (Wildman–Crippen LogP) is 4.62. The van der Waals surface area contributed by atoms with Gasteiger partial charge in [-0.3, -0.25) is 0 Å². The van der Waals surface area contributed by atoms with Crippen LogP contribution in [0.15, 0.2) is 82.0 Å². The monoisotopic (exact) mass is 416 g/mol. The molecule has 4 rings (SSSR count). The van der Waals surface area contributed by atoms with E-state index >= 15 is 0 Å². The van der Waals surface area contributed by atoms with Crippen molar-refractivity contribution >= 4 is 16.9 Å². The summed E-state index contributed by atoms with van der Waals surface area (Å²) in [6.45, 7) is 0. The summed E-state index contributed by atoms with van der Waals surface area (Å²) in [6.07, 6.45) is 0.238. The van der Waals surface area contributed by atoms with Crippen molar-refractivity contribution in [1.29, 1.82) is 0 Å². The molecule has 0 fully saturated rings. The van der Waals surface area contributed by atoms with Crippen molar-refractivity contribution in [1.82, 2.24) is 0 Å². The molecule has 0 unspecified atom stereocenters. The summed E-state index contributed by atoms with van der Waals surface area (Å²) in [5.41, 5.74) is 1.15. The van der Waals surface area contributed by atoms with Gasteiger partial charge in [0.2, 0.25) is 0 Å². The Balaban J connectivity index is 1.86. The fraction of sp³-hybridized carbons (Fsp3) is 0.120. The first-order valence-corrected chi connectivity index (χ1v) is 9.63. The van der Waals surface area contributed by atoms with Crippen LogP contribution in [0, 0.1) is 0 Å². The Morgan fingerprint density at radius 3 is 2.29 bits per heavy atom. The van der Waals surface area contributed by atoms with Gasteiger partial charge < -0.3 is 18.6 Å². The molecule has 0 saturated carbocycles. The van der Waals surface area contributed by atoms with Crippen molar-refractivity contribution < 1.29 is 23.4 Å². The molecule has 0 atom stereocenters. The van der Waals surface area contributed by atoms with Gasteiger partial charge in [0.05, 0.1) is 25.3 Å². The van der Waals surface area contributed by atoms with Crippen LogP contribution in [-0.2, 0) is 6.42 Å². The van der Waals surface area contributed by atoms with E-state index in [1.807, 2.05) is 30.3 Å². The minimum absolute atomic E-state index is 0.133. The predicted molar refractivity (Wildman–Crippen MR) is 116 cm³/mol. The topological polar surface area (TPSA) is 75.0 Å². The third kappa shape index (κ3) is 4.14. The maximum atomic E-state index is 12.9. The van der Waals surface area contributed by atoms with Crippen molar-refractivity contribution in [2.24, 2.45) is 0 Å². The Bertz CT molecular complexity index is 1270. The maximum absolute atomic E-state index is 12.9. The molecule has 31 heavy (non-hydrogen) atoms. The highest BCUT2D eigenvalue weighted by Gasteiger charge is 2.23. The van der Waals surface area contributed by atoms with Crippen LogP contribution in [0.2, 0.25) is 0 Å². The number of carbonyl (C=O) groups excluding carboxylic acids is 1. The fourth-order valence-corrected chi connectivity index (χ4v) is 3.34. The SMILES string of the molecule is COc1ccc(C(=O)Oc2c(Cc3ccccc3)c(=O)oc3cccc(OC)c23)cc1. The van der Waals surface area contributed by atoms with E-state index in [2.05, 4.69) is 0 Å². The lowest BCUT2D eigenvalue weighted by Crippen LogP contribution is -2.16. The van der Waals surface area contributed by atoms with Gasteiger partial charge in [0.1, 0.15) is 22.5 Å². The number of esters is 1. The summed E-state index contributed by atoms with van der Waals surface area (Å²) in [5.74, 6) is 0.588. The summed E-state index contributed by atoms with van der Waals surface area (Å²) in [6, 6.07) is 21.0. The summed E-state index contributed by atoms with van der Waals surface area (Å²) in [7, 11) is 3.05. The zero-order valence-corrected chi connectivity index (χ0v) is 17.1. The number of hydrogen-bond donors (Lipinski definition) is 0. The second-order valence-electron chi connectivity index (χ2n) is 6.81. The Morgan fingerprint density at radius 1 is 0.871 bits per heavy atom. The number of benzene rings is 3. The van der Waals surface area contributed by atoms with Gasteiger partial charge in [0.15, 0.2) is 5.75 Å². The van der Waals surface area contributed by atoms with Crippen LogP contribution in [0.4, 0.5) is 0 Å². The molecule has 3 aromatic carbocycles. The van der Waals surface area contributed by atoms with Crippen LogP contribution in [0.1, 0.15) is 21.5 Å². The average molecular weight is 416 g/mol. The molecule has 0 saturated heterocycles. The van der Waals surface area contributed by atoms with Gasteiger partial charge in [-0.25, -0.2) is 9.59 Å². The van der Waals surface area contributed by atoms with Crippen LogP contribution in [-0.4, -0.2) is 20.2 Å². The van der Waals surface area contributed by atoms with Gasteiger partial charge in [-0.15, -0.1) is 0 Å². The molecule has 0 bridgehead atoms. The average Bonchev–Trinajstić information content (AvgIpc) is 2.81. The molecule has 0 aliphatic carbocycles. The quantitative estimate of drug-likeness (QED) is 0.337. The second kappa shape index (κ2) is 8.75. The highest BCUT2D eigenvalue weighted by Crippen LogP contribution is 2.36. The molecule has 0 N–H and O–H groups in total. The van der Waals surface area contributed by atoms with Crippen molar-refractivity contribution in [3.8, 4) is 17.2 Å². The third-order valence-electron chi connectivity index (χ3n) is 4.90. The van der Waals surface area contributed by atoms with Gasteiger partial charge in [0, 0.05) is 6.42 Å². The van der Waals surface area contributed by atoms with Gasteiger partial charge in [-0.2, -0.15) is 0 Å². The van der Waals surface area contributed by atoms with Crippen molar-refractivity contribution in [3.63, 3.8) is 0 Å². The summed E-state index contributed by atoms with van der Waals surface area (Å²) in [5, 5.41) is 0.428. The molecular formula is C25H20O6. The van der Waals surface area contributed by atoms with Crippen LogP contribution < -0.4 is 19.8 Å². The third-order valence-corrected chi connectivity index (χ3v) is 4.90. The lowest BCUT2D eigenvalue weighted by molar-refractivity contribution is 0.0734. The molecule has 156 valence electrons. The first-order chi connectivity index (χ1) is 15.1. The molecule has 0 aliphatic heterocycles. The second-order valence-corrected chi connectivity index (χ2v) is 6.81. The maximum Gasteiger partial charge on any atom is 0.343 e. The van der Waals surface area contributed by atoms with Gasteiger partial charge in [-0.05, 0) is 42.0 Å². The van der Waals surface area contributed by atoms with Crippen LogP contribution in [0.25, 0.3) is 11.0 Å². The number of ether oxygens (including phenoxy) is 3. The van der Waals surface area contributed by atoms with E-state index in [9.17, 15) is 9.59 Å². The molecule has 0 aliphatic rings. The Hall–Kier alpha value is -4.06. The van der Waals surface area contributed by atoms with Crippen LogP contribution in [0.5, 0.6) is 17.2 Å². The van der Waals surface area contributed by atoms with Gasteiger partial charge in [0.25, 0.3) is 0 Å². The number of fused-ring (bicyclic) bond motifs is 1. The molecular weight excluding hydrogens is 396 g/mol. The highest BCUT2D eigenvalue weighted by atomic mass is 16.5. The first kappa shape index (κ1) is 20.2. The summed E-state index contributed by atoms with van der Waals surface area (Å²) < 4.78 is 21.9. The first-order valence-electron chi connectivity index (χ1n) is 9.63. The van der Waals surface area contributed by atoms with Crippen LogP contribution >= 0.6 is 0 Å². The van der Waals surface area contributed by atoms with E-state index in [0.717, 1.165) is 5.56 Å². The highest BCUT2D eigenvalue weighted by molar-refractivity contribution is 5.97. The number of methoxy groups -OCH3 is 2. The Morgan fingerprint density at radius 2 is 1.61 bits per heavy atom. The summed E-state index contributed by atoms with van der Waals surface area (Å²) in [4.78, 5) is 25.8. The zero-order chi connectivity index (χ0) is 21.8. The van der Waals surface area contributed by atoms with E-state index < -0.39 is 11.6 Å². The smallest absolute Gasteiger partial charge is 0.343 e. The molecule has 0 radical (unpaired) electrons. The lowest BCUT2D eigenvalue weighted by Gasteiger charge is -2.14. The Kier molecular flexibility index (Phi) is 5.71. The van der Waals surface area contributed by atoms with E-state index in [1.54, 1.807) is 49.6 Å². The van der Waals surface area contributed by atoms with E-state index in [4.69, 9.17) is 18.6 Å². The molecule has 6 heteroatoms. The minimum Gasteiger partial charge on any atom is -0.497 e. The van der Waals surface area contributed by atoms with Gasteiger partial charge >= 0.3 is 11.6 Å². The Labute approximate surface area is 178 Å². The molecule has 6 nitrogen and oxygen atoms in total. The van der Waals surface area contributed by atoms with Crippen molar-refractivity contribution in [3.05, 3.63) is 99.9 Å². The fourth-order valence-electron chi connectivity index (χ4n) is 3.34. The van der Waals surface area contributed by atoms with Crippen molar-refractivity contribution in [2.75, 3.05) is 14.2 Å². The summed E-state index contributed by atoms with van der Waals surface area (Å²) >= 11 is 0. The normalized spacial score (nSPS) is 10.6. The minimum atomic E-state index is -0.602. The van der Waals surface area contributed by atoms with E-state index in [1.165, 1.54) is 7.11 Å². The zero-order valence-electron chi connectivity index (χ0n) is 17.1. The standard InChI is InChI=1S/C25H20O6/c1-28-18-13-11-17(12-14-18)24(26)31-23-19(15-16-7-4-3-5-8-16)25(27)30-21-10-6-9-20(29-2)22(21)23/h3-14H,15H2,1-2H3. The van der Waals surface area contributed by atoms with E-state index in [0.29, 0.717) is 22.4 Å². The molecule has 4 aromatic rings. The number of carbonyl (C=O) groups is 1. The molecule has 0 amide bonds. The largest absolute Gasteiger partial charge is 0.497 e. The van der Waals surface area contributed by atoms with E-state index in [-0.39, 0.29) is 23.3 Å². The number of rotatable bonds is 6. The van der Waals surface area contributed by atoms with Crippen molar-refractivity contribution in [2.45, 2.75) is 6.42 Å². The number of hydrogen-bond acceptors (Lipinski definition) is 6. The molecule has 0 spiro atoms. The lowest BCUT2D eigenvalue weighted by atomic mass is 10.0. The molecule has 1 aromatic heterocycles. The molecule has 1 heterocycles. The van der Waals surface area contributed by atoms with Crippen LogP contribution in [0.3, 0.4) is 0 Å². The van der Waals surface area contributed by atoms with Gasteiger partial charge in [-0.1, -0.05) is 36.4 Å².